The smallest absolute Gasteiger partial charge is 0.137 e. The first-order valence-corrected chi connectivity index (χ1v) is 8.97. The molecule has 5 nitrogen and oxygen atoms in total. The van der Waals surface area contributed by atoms with E-state index in [4.69, 9.17) is 9.47 Å². The molecule has 0 aromatic carbocycles. The molecule has 0 amide bonds. The molecule has 6 heteroatoms. The molecule has 0 aromatic heterocycles. The summed E-state index contributed by atoms with van der Waals surface area (Å²) in [6.45, 7) is 13.9. The Hall–Kier alpha value is 0.0169. The third-order valence-corrected chi connectivity index (χ3v) is 5.44. The Morgan fingerprint density at radius 2 is 1.55 bits per heavy atom. The standard InChI is InChI=1S/C14H31N3O2Si/c1-5-15(6-2)7-8-16-9-11-17(12-10-16)13-20-14(18-3)19-4/h14H,5-13H2,1-4H3. The molecule has 0 saturated carbocycles. The van der Waals surface area contributed by atoms with Crippen molar-refractivity contribution in [2.24, 2.45) is 0 Å². The fraction of sp³-hybridized carbons (Fsp3) is 1.00. The maximum absolute atomic E-state index is 5.25. The number of rotatable bonds is 10. The van der Waals surface area contributed by atoms with Crippen LogP contribution in [0.15, 0.2) is 0 Å². The van der Waals surface area contributed by atoms with Crippen LogP contribution < -0.4 is 0 Å². The van der Waals surface area contributed by atoms with Gasteiger partial charge in [-0.1, -0.05) is 13.8 Å². The van der Waals surface area contributed by atoms with Gasteiger partial charge >= 0.3 is 0 Å². The van der Waals surface area contributed by atoms with Gasteiger partial charge < -0.3 is 19.3 Å². The summed E-state index contributed by atoms with van der Waals surface area (Å²) in [7, 11) is 4.13. The van der Waals surface area contributed by atoms with Crippen molar-refractivity contribution < 1.29 is 9.47 Å². The van der Waals surface area contributed by atoms with Crippen LogP contribution in [-0.2, 0) is 9.47 Å². The van der Waals surface area contributed by atoms with Crippen molar-refractivity contribution in [2.45, 2.75) is 19.8 Å². The topological polar surface area (TPSA) is 28.2 Å². The van der Waals surface area contributed by atoms with E-state index >= 15 is 0 Å². The minimum atomic E-state index is -0.0318. The van der Waals surface area contributed by atoms with E-state index in [0.717, 1.165) is 19.3 Å². The molecule has 1 rings (SSSR count). The highest BCUT2D eigenvalue weighted by Gasteiger charge is 2.18. The number of hydrogen-bond acceptors (Lipinski definition) is 5. The lowest BCUT2D eigenvalue weighted by molar-refractivity contribution is -0.0451. The van der Waals surface area contributed by atoms with E-state index in [-0.39, 0.29) is 5.91 Å². The van der Waals surface area contributed by atoms with Crippen molar-refractivity contribution in [3.63, 3.8) is 0 Å². The van der Waals surface area contributed by atoms with E-state index < -0.39 is 0 Å². The number of nitrogens with zero attached hydrogens (tertiary/aromatic N) is 3. The van der Waals surface area contributed by atoms with E-state index in [2.05, 4.69) is 28.5 Å². The molecule has 1 aliphatic heterocycles. The van der Waals surface area contributed by atoms with Crippen molar-refractivity contribution in [2.75, 3.05) is 72.7 Å². The minimum Gasteiger partial charge on any atom is -0.360 e. The van der Waals surface area contributed by atoms with E-state index in [9.17, 15) is 0 Å². The number of hydrogen-bond donors (Lipinski definition) is 0. The van der Waals surface area contributed by atoms with Gasteiger partial charge in [0.2, 0.25) is 0 Å². The highest BCUT2D eigenvalue weighted by molar-refractivity contribution is 6.36. The molecule has 2 radical (unpaired) electrons. The minimum absolute atomic E-state index is 0.0318. The van der Waals surface area contributed by atoms with Crippen molar-refractivity contribution in [1.82, 2.24) is 14.7 Å². The molecular formula is C14H31N3O2Si. The van der Waals surface area contributed by atoms with Crippen molar-refractivity contribution in [3.8, 4) is 0 Å². The predicted octanol–water partition coefficient (Wildman–Crippen LogP) is 0.184. The molecule has 0 aliphatic carbocycles. The van der Waals surface area contributed by atoms with Gasteiger partial charge in [-0.2, -0.15) is 0 Å². The number of likely N-dealkylation sites (N-methyl/N-ethyl adjacent to an activating group) is 1. The van der Waals surface area contributed by atoms with Gasteiger partial charge in [0.15, 0.2) is 0 Å². The fourth-order valence-electron chi connectivity index (χ4n) is 2.46. The Labute approximate surface area is 127 Å². The van der Waals surface area contributed by atoms with E-state index in [1.165, 1.54) is 39.3 Å². The van der Waals surface area contributed by atoms with Crippen LogP contribution in [0.4, 0.5) is 0 Å². The Kier molecular flexibility index (Phi) is 9.67. The summed E-state index contributed by atoms with van der Waals surface area (Å²) >= 11 is 0. The summed E-state index contributed by atoms with van der Waals surface area (Å²) in [5, 5.41) is 0. The van der Waals surface area contributed by atoms with E-state index in [1.807, 2.05) is 0 Å². The summed E-state index contributed by atoms with van der Waals surface area (Å²) in [6, 6.07) is 0. The fourth-order valence-corrected chi connectivity index (χ4v) is 3.52. The molecule has 1 saturated heterocycles. The molecule has 1 heterocycles. The van der Waals surface area contributed by atoms with Gasteiger partial charge in [-0.05, 0) is 19.3 Å². The predicted molar refractivity (Wildman–Crippen MR) is 84.2 cm³/mol. The highest BCUT2D eigenvalue weighted by atomic mass is 28.2. The van der Waals surface area contributed by atoms with Crippen LogP contribution >= 0.6 is 0 Å². The lowest BCUT2D eigenvalue weighted by Crippen LogP contribution is -2.50. The van der Waals surface area contributed by atoms with Gasteiger partial charge in [-0.15, -0.1) is 0 Å². The Morgan fingerprint density at radius 1 is 1.00 bits per heavy atom. The van der Waals surface area contributed by atoms with Crippen LogP contribution in [0.1, 0.15) is 13.8 Å². The molecule has 0 atom stereocenters. The lowest BCUT2D eigenvalue weighted by Gasteiger charge is -2.35. The maximum Gasteiger partial charge on any atom is 0.137 e. The molecule has 118 valence electrons. The lowest BCUT2D eigenvalue weighted by atomic mass is 10.3. The zero-order valence-corrected chi connectivity index (χ0v) is 14.6. The van der Waals surface area contributed by atoms with Crippen molar-refractivity contribution >= 4 is 9.52 Å². The van der Waals surface area contributed by atoms with Crippen LogP contribution in [0, 0.1) is 0 Å². The van der Waals surface area contributed by atoms with Gasteiger partial charge in [0.1, 0.15) is 15.4 Å². The molecule has 20 heavy (non-hydrogen) atoms. The Balaban J connectivity index is 2.13. The Morgan fingerprint density at radius 3 is 2.05 bits per heavy atom. The van der Waals surface area contributed by atoms with Gasteiger partial charge in [0, 0.05) is 53.5 Å². The summed E-state index contributed by atoms with van der Waals surface area (Å²) in [5.41, 5.74) is 0. The van der Waals surface area contributed by atoms with Gasteiger partial charge in [0.05, 0.1) is 0 Å². The average molecular weight is 302 g/mol. The van der Waals surface area contributed by atoms with Crippen molar-refractivity contribution in [3.05, 3.63) is 0 Å². The van der Waals surface area contributed by atoms with Crippen LogP contribution in [-0.4, -0.2) is 103 Å². The molecule has 1 fully saturated rings. The summed E-state index contributed by atoms with van der Waals surface area (Å²) < 4.78 is 10.5. The van der Waals surface area contributed by atoms with Gasteiger partial charge in [-0.25, -0.2) is 0 Å². The normalized spacial score (nSPS) is 18.3. The summed E-state index contributed by atoms with van der Waals surface area (Å²) in [4.78, 5) is 7.61. The van der Waals surface area contributed by atoms with Crippen LogP contribution in [0.5, 0.6) is 0 Å². The maximum atomic E-state index is 5.25. The Bertz CT molecular complexity index is 206. The third kappa shape index (κ3) is 6.65. The molecule has 0 spiro atoms. The molecule has 0 N–H and O–H groups in total. The number of methoxy groups -OCH3 is 2. The van der Waals surface area contributed by atoms with Crippen LogP contribution in [0.25, 0.3) is 0 Å². The summed E-state index contributed by atoms with van der Waals surface area (Å²) in [6.07, 6.45) is 1.09. The van der Waals surface area contributed by atoms with E-state index in [1.54, 1.807) is 14.2 Å². The van der Waals surface area contributed by atoms with Gasteiger partial charge in [-0.3, -0.25) is 4.90 Å². The van der Waals surface area contributed by atoms with Crippen LogP contribution in [0.2, 0.25) is 0 Å². The number of ether oxygens (including phenoxy) is 2. The monoisotopic (exact) mass is 301 g/mol. The van der Waals surface area contributed by atoms with Crippen LogP contribution in [0.3, 0.4) is 0 Å². The SMILES string of the molecule is CCN(CC)CCN1CCN(C[Si]C(OC)OC)CC1. The molecule has 1 aliphatic rings. The first-order chi connectivity index (χ1) is 9.73. The molecular weight excluding hydrogens is 270 g/mol. The summed E-state index contributed by atoms with van der Waals surface area (Å²) in [5.74, 6) is -0.0318. The largest absolute Gasteiger partial charge is 0.360 e. The second kappa shape index (κ2) is 10.7. The second-order valence-electron chi connectivity index (χ2n) is 5.15. The molecule has 0 unspecified atom stereocenters. The zero-order valence-electron chi connectivity index (χ0n) is 13.6. The molecule has 0 aromatic rings. The third-order valence-electron chi connectivity index (χ3n) is 4.00. The highest BCUT2D eigenvalue weighted by Crippen LogP contribution is 2.02. The van der Waals surface area contributed by atoms with Gasteiger partial charge in [0.25, 0.3) is 0 Å². The number of piperazine rings is 1. The average Bonchev–Trinajstić information content (AvgIpc) is 2.50. The van der Waals surface area contributed by atoms with E-state index in [0.29, 0.717) is 9.52 Å². The first kappa shape index (κ1) is 18.1. The second-order valence-corrected chi connectivity index (χ2v) is 6.35. The molecule has 0 bridgehead atoms. The van der Waals surface area contributed by atoms with Crippen molar-refractivity contribution in [1.29, 1.82) is 0 Å². The zero-order chi connectivity index (χ0) is 14.8. The quantitative estimate of drug-likeness (QED) is 0.424. The first-order valence-electron chi connectivity index (χ1n) is 7.69.